The second-order valence-electron chi connectivity index (χ2n) is 5.92. The Kier molecular flexibility index (Phi) is 6.30. The van der Waals surface area contributed by atoms with E-state index >= 15 is 0 Å². The monoisotopic (exact) mass is 431 g/mol. The summed E-state index contributed by atoms with van der Waals surface area (Å²) in [5.74, 6) is 0.0829. The van der Waals surface area contributed by atoms with Crippen molar-refractivity contribution in [3.05, 3.63) is 78.6 Å². The van der Waals surface area contributed by atoms with E-state index in [0.29, 0.717) is 27.9 Å². The van der Waals surface area contributed by atoms with E-state index in [1.165, 1.54) is 31.4 Å². The van der Waals surface area contributed by atoms with E-state index in [0.717, 1.165) is 0 Å². The van der Waals surface area contributed by atoms with Crippen LogP contribution in [0.2, 0.25) is 0 Å². The largest absolute Gasteiger partial charge is 0.495 e. The Morgan fingerprint density at radius 2 is 1.45 bits per heavy atom. The zero-order chi connectivity index (χ0) is 20.9. The van der Waals surface area contributed by atoms with Gasteiger partial charge in [-0.3, -0.25) is 4.72 Å². The van der Waals surface area contributed by atoms with Crippen LogP contribution in [-0.4, -0.2) is 20.6 Å². The third kappa shape index (κ3) is 5.43. The van der Waals surface area contributed by atoms with Crippen molar-refractivity contribution in [2.45, 2.75) is 4.90 Å². The second-order valence-corrected chi connectivity index (χ2v) is 8.01. The number of benzene rings is 3. The van der Waals surface area contributed by atoms with E-state index in [4.69, 9.17) is 17.0 Å². The summed E-state index contributed by atoms with van der Waals surface area (Å²) in [7, 11) is -2.32. The topological polar surface area (TPSA) is 79.5 Å². The fraction of sp³-hybridized carbons (Fsp3) is 0.0500. The molecule has 0 aliphatic rings. The molecule has 0 heterocycles. The third-order valence-corrected chi connectivity index (χ3v) is 5.46. The number of para-hydroxylation sites is 2. The molecule has 0 amide bonds. The van der Waals surface area contributed by atoms with Crippen molar-refractivity contribution in [1.29, 1.82) is 0 Å². The third-order valence-electron chi connectivity index (χ3n) is 3.88. The Morgan fingerprint density at radius 1 is 0.897 bits per heavy atom. The number of halogens is 1. The molecule has 0 unspecified atom stereocenters. The first-order chi connectivity index (χ1) is 13.9. The number of hydrogen-bond donors (Lipinski definition) is 3. The highest BCUT2D eigenvalue weighted by Crippen LogP contribution is 2.26. The molecular formula is C20H18FN3O3S2. The Balaban J connectivity index is 1.67. The first kappa shape index (κ1) is 20.6. The number of methoxy groups -OCH3 is 1. The van der Waals surface area contributed by atoms with Crippen LogP contribution >= 0.6 is 12.2 Å². The van der Waals surface area contributed by atoms with E-state index in [1.807, 2.05) is 0 Å². The van der Waals surface area contributed by atoms with E-state index in [1.54, 1.807) is 48.5 Å². The lowest BCUT2D eigenvalue weighted by Crippen LogP contribution is -2.19. The molecule has 3 N–H and O–H groups in total. The Morgan fingerprint density at radius 3 is 2.03 bits per heavy atom. The molecule has 9 heteroatoms. The van der Waals surface area contributed by atoms with Crippen molar-refractivity contribution in [2.75, 3.05) is 22.5 Å². The van der Waals surface area contributed by atoms with Gasteiger partial charge in [0.05, 0.1) is 17.7 Å². The molecule has 6 nitrogen and oxygen atoms in total. The van der Waals surface area contributed by atoms with Gasteiger partial charge in [-0.15, -0.1) is 0 Å². The fourth-order valence-corrected chi connectivity index (χ4v) is 3.78. The van der Waals surface area contributed by atoms with Gasteiger partial charge in [-0.05, 0) is 72.9 Å². The van der Waals surface area contributed by atoms with Gasteiger partial charge in [0, 0.05) is 11.4 Å². The van der Waals surface area contributed by atoms with Gasteiger partial charge < -0.3 is 15.4 Å². The van der Waals surface area contributed by atoms with E-state index in [9.17, 15) is 12.8 Å². The highest BCUT2D eigenvalue weighted by molar-refractivity contribution is 7.92. The molecule has 0 spiro atoms. The molecule has 0 radical (unpaired) electrons. The maximum atomic E-state index is 12.9. The Labute approximate surface area is 173 Å². The minimum absolute atomic E-state index is 0.0892. The van der Waals surface area contributed by atoms with Gasteiger partial charge >= 0.3 is 0 Å². The van der Waals surface area contributed by atoms with Gasteiger partial charge in [0.15, 0.2) is 5.11 Å². The zero-order valence-electron chi connectivity index (χ0n) is 15.3. The summed E-state index contributed by atoms with van der Waals surface area (Å²) in [6, 6.07) is 18.6. The number of thiocarbonyl (C=S) groups is 1. The molecular weight excluding hydrogens is 413 g/mol. The summed E-state index contributed by atoms with van der Waals surface area (Å²) < 4.78 is 45.9. The predicted octanol–water partition coefficient (Wildman–Crippen LogP) is 4.44. The van der Waals surface area contributed by atoms with Gasteiger partial charge in [-0.25, -0.2) is 12.8 Å². The second kappa shape index (κ2) is 8.89. The van der Waals surface area contributed by atoms with E-state index in [-0.39, 0.29) is 10.7 Å². The minimum Gasteiger partial charge on any atom is -0.495 e. The van der Waals surface area contributed by atoms with Crippen LogP contribution in [0.3, 0.4) is 0 Å². The normalized spacial score (nSPS) is 10.8. The average molecular weight is 432 g/mol. The maximum Gasteiger partial charge on any atom is 0.262 e. The minimum atomic E-state index is -3.79. The number of anilines is 3. The summed E-state index contributed by atoms with van der Waals surface area (Å²) >= 11 is 5.21. The van der Waals surface area contributed by atoms with Crippen LogP contribution in [0, 0.1) is 5.82 Å². The maximum absolute atomic E-state index is 12.9. The summed E-state index contributed by atoms with van der Waals surface area (Å²) in [6.07, 6.45) is 0. The molecule has 29 heavy (non-hydrogen) atoms. The highest BCUT2D eigenvalue weighted by Gasteiger charge is 2.16. The lowest BCUT2D eigenvalue weighted by atomic mass is 10.3. The molecule has 0 saturated heterocycles. The van der Waals surface area contributed by atoms with Crippen LogP contribution in [0.5, 0.6) is 5.75 Å². The van der Waals surface area contributed by atoms with Crippen LogP contribution in [0.4, 0.5) is 21.5 Å². The van der Waals surface area contributed by atoms with Gasteiger partial charge in [0.25, 0.3) is 10.0 Å². The van der Waals surface area contributed by atoms with Crippen molar-refractivity contribution in [3.63, 3.8) is 0 Å². The molecule has 0 bridgehead atoms. The number of nitrogens with one attached hydrogen (secondary N) is 3. The number of hydrogen-bond acceptors (Lipinski definition) is 4. The average Bonchev–Trinajstić information content (AvgIpc) is 2.70. The summed E-state index contributed by atoms with van der Waals surface area (Å²) in [5, 5.41) is 6.15. The molecule has 3 rings (SSSR count). The number of sulfonamides is 1. The molecule has 0 saturated carbocycles. The molecule has 0 aliphatic heterocycles. The van der Waals surface area contributed by atoms with Crippen LogP contribution in [0.1, 0.15) is 0 Å². The van der Waals surface area contributed by atoms with Crippen LogP contribution < -0.4 is 20.1 Å². The molecule has 0 aliphatic carbocycles. The molecule has 150 valence electrons. The smallest absolute Gasteiger partial charge is 0.262 e. The quantitative estimate of drug-likeness (QED) is 0.501. The first-order valence-corrected chi connectivity index (χ1v) is 10.4. The zero-order valence-corrected chi connectivity index (χ0v) is 17.0. The predicted molar refractivity (Wildman–Crippen MR) is 116 cm³/mol. The standard InChI is InChI=1S/C20H18FN3O3S2/c1-27-19-5-3-2-4-18(19)24-29(25,26)17-12-10-16(11-13-17)23-20(28)22-15-8-6-14(21)7-9-15/h2-13,24H,1H3,(H2,22,23,28). The number of rotatable bonds is 6. The Hall–Kier alpha value is -3.17. The van der Waals surface area contributed by atoms with Crippen LogP contribution in [0.15, 0.2) is 77.7 Å². The van der Waals surface area contributed by atoms with Crippen molar-refractivity contribution in [3.8, 4) is 5.75 Å². The number of ether oxygens (including phenoxy) is 1. The van der Waals surface area contributed by atoms with Gasteiger partial charge in [0.2, 0.25) is 0 Å². The summed E-state index contributed by atoms with van der Waals surface area (Å²) in [5.41, 5.74) is 1.58. The molecule has 0 atom stereocenters. The van der Waals surface area contributed by atoms with Crippen molar-refractivity contribution >= 4 is 44.4 Å². The molecule has 0 aromatic heterocycles. The van der Waals surface area contributed by atoms with Gasteiger partial charge in [-0.2, -0.15) is 0 Å². The van der Waals surface area contributed by atoms with Crippen molar-refractivity contribution in [2.24, 2.45) is 0 Å². The van der Waals surface area contributed by atoms with Crippen LogP contribution in [-0.2, 0) is 10.0 Å². The van der Waals surface area contributed by atoms with Crippen molar-refractivity contribution in [1.82, 2.24) is 0 Å². The molecule has 3 aromatic carbocycles. The fourth-order valence-electron chi connectivity index (χ4n) is 2.48. The summed E-state index contributed by atoms with van der Waals surface area (Å²) in [4.78, 5) is 0.0892. The van der Waals surface area contributed by atoms with Gasteiger partial charge in [0.1, 0.15) is 11.6 Å². The van der Waals surface area contributed by atoms with Crippen LogP contribution in [0.25, 0.3) is 0 Å². The lowest BCUT2D eigenvalue weighted by Gasteiger charge is -2.13. The summed E-state index contributed by atoms with van der Waals surface area (Å²) in [6.45, 7) is 0. The molecule has 0 fully saturated rings. The SMILES string of the molecule is COc1ccccc1NS(=O)(=O)c1ccc(NC(=S)Nc2ccc(F)cc2)cc1. The lowest BCUT2D eigenvalue weighted by molar-refractivity contribution is 0.417. The van der Waals surface area contributed by atoms with E-state index < -0.39 is 10.0 Å². The molecule has 3 aromatic rings. The first-order valence-electron chi connectivity index (χ1n) is 8.47. The Bertz CT molecular complexity index is 1100. The van der Waals surface area contributed by atoms with Crippen molar-refractivity contribution < 1.29 is 17.5 Å². The van der Waals surface area contributed by atoms with Gasteiger partial charge in [-0.1, -0.05) is 12.1 Å². The van der Waals surface area contributed by atoms with E-state index in [2.05, 4.69) is 15.4 Å². The highest BCUT2D eigenvalue weighted by atomic mass is 32.2.